The van der Waals surface area contributed by atoms with Crippen LogP contribution in [-0.4, -0.2) is 33.9 Å². The normalized spacial score (nSPS) is 11.0. The maximum atomic E-state index is 12.3. The molecule has 7 heteroatoms. The Morgan fingerprint density at radius 1 is 1.43 bits per heavy atom. The van der Waals surface area contributed by atoms with Gasteiger partial charge >= 0.3 is 5.97 Å². The fourth-order valence-electron chi connectivity index (χ4n) is 1.72. The van der Waals surface area contributed by atoms with E-state index in [0.29, 0.717) is 11.4 Å². The molecule has 0 aromatic carbocycles. The van der Waals surface area contributed by atoms with E-state index in [0.717, 1.165) is 22.2 Å². The van der Waals surface area contributed by atoms with Gasteiger partial charge < -0.3 is 10.0 Å². The molecule has 0 unspecified atom stereocenters. The van der Waals surface area contributed by atoms with Crippen LogP contribution in [0.5, 0.6) is 0 Å². The molecule has 0 spiro atoms. The Kier molecular flexibility index (Phi) is 4.87. The Morgan fingerprint density at radius 2 is 2.19 bits per heavy atom. The van der Waals surface area contributed by atoms with Gasteiger partial charge in [0.05, 0.1) is 17.7 Å². The lowest BCUT2D eigenvalue weighted by molar-refractivity contribution is -0.131. The van der Waals surface area contributed by atoms with Crippen LogP contribution in [0, 0.1) is 6.92 Å². The zero-order chi connectivity index (χ0) is 15.4. The quantitative estimate of drug-likeness (QED) is 0.859. The number of carbonyl (C=O) groups is 2. The highest BCUT2D eigenvalue weighted by Crippen LogP contribution is 2.20. The molecule has 0 aliphatic heterocycles. The number of thiazole rings is 1. The molecule has 2 rings (SSSR count). The maximum absolute atomic E-state index is 12.3. The number of hydrogen-bond donors (Lipinski definition) is 1. The van der Waals surface area contributed by atoms with E-state index >= 15 is 0 Å². The number of aromatic nitrogens is 1. The van der Waals surface area contributed by atoms with Gasteiger partial charge in [-0.1, -0.05) is 0 Å². The summed E-state index contributed by atoms with van der Waals surface area (Å²) in [6.45, 7) is 2.30. The third-order valence-corrected chi connectivity index (χ3v) is 4.63. The Morgan fingerprint density at radius 3 is 2.81 bits per heavy atom. The minimum absolute atomic E-state index is 0.0500. The van der Waals surface area contributed by atoms with Crippen LogP contribution < -0.4 is 0 Å². The molecule has 1 amide bonds. The van der Waals surface area contributed by atoms with Crippen LogP contribution in [-0.2, 0) is 11.3 Å². The van der Waals surface area contributed by atoms with Crippen molar-refractivity contribution in [2.24, 2.45) is 0 Å². The predicted molar refractivity (Wildman–Crippen MR) is 83.6 cm³/mol. The van der Waals surface area contributed by atoms with E-state index in [4.69, 9.17) is 5.11 Å². The van der Waals surface area contributed by atoms with Gasteiger partial charge in [-0.2, -0.15) is 0 Å². The van der Waals surface area contributed by atoms with Crippen molar-refractivity contribution in [3.05, 3.63) is 44.0 Å². The fraction of sp³-hybridized carbons (Fsp3) is 0.214. The summed E-state index contributed by atoms with van der Waals surface area (Å²) in [5.41, 5.74) is 3.23. The first-order valence-corrected chi connectivity index (χ1v) is 7.87. The summed E-state index contributed by atoms with van der Waals surface area (Å²) >= 11 is 2.84. The third kappa shape index (κ3) is 3.99. The second kappa shape index (κ2) is 6.64. The first-order valence-electron chi connectivity index (χ1n) is 6.11. The number of carboxylic acid groups (broad SMARTS) is 1. The molecule has 0 aliphatic rings. The van der Waals surface area contributed by atoms with E-state index in [1.165, 1.54) is 28.7 Å². The topological polar surface area (TPSA) is 70.5 Å². The van der Waals surface area contributed by atoms with Crippen molar-refractivity contribution in [1.29, 1.82) is 0 Å². The minimum Gasteiger partial charge on any atom is -0.478 e. The number of rotatable bonds is 5. The van der Waals surface area contributed by atoms with Crippen molar-refractivity contribution in [1.82, 2.24) is 9.88 Å². The van der Waals surface area contributed by atoms with Crippen LogP contribution >= 0.6 is 22.7 Å². The SMILES string of the molecule is Cc1ncsc1C(=O)N(C)Cc1cc(C=CC(=O)O)cs1. The van der Waals surface area contributed by atoms with Gasteiger partial charge in [-0.05, 0) is 30.0 Å². The molecule has 21 heavy (non-hydrogen) atoms. The molecule has 0 radical (unpaired) electrons. The van der Waals surface area contributed by atoms with E-state index in [9.17, 15) is 9.59 Å². The monoisotopic (exact) mass is 322 g/mol. The minimum atomic E-state index is -0.976. The average Bonchev–Trinajstić information content (AvgIpc) is 3.04. The molecule has 1 N–H and O–H groups in total. The summed E-state index contributed by atoms with van der Waals surface area (Å²) in [6, 6.07) is 1.88. The fourth-order valence-corrected chi connectivity index (χ4v) is 3.42. The standard InChI is InChI=1S/C14H14N2O3S2/c1-9-13(21-8-15-9)14(19)16(2)6-11-5-10(7-20-11)3-4-12(17)18/h3-5,7-8H,6H2,1-2H3,(H,17,18). The van der Waals surface area contributed by atoms with Gasteiger partial charge in [0.25, 0.3) is 5.91 Å². The zero-order valence-corrected chi connectivity index (χ0v) is 13.2. The number of nitrogens with zero attached hydrogens (tertiary/aromatic N) is 2. The molecule has 0 aliphatic carbocycles. The molecule has 2 aromatic rings. The Hall–Kier alpha value is -1.99. The average molecular weight is 322 g/mol. The molecule has 0 saturated carbocycles. The van der Waals surface area contributed by atoms with Gasteiger partial charge in [0.1, 0.15) is 4.88 Å². The predicted octanol–water partition coefficient (Wildman–Crippen LogP) is 2.88. The zero-order valence-electron chi connectivity index (χ0n) is 11.6. The number of carboxylic acids is 1. The maximum Gasteiger partial charge on any atom is 0.328 e. The number of amides is 1. The highest BCUT2D eigenvalue weighted by Gasteiger charge is 2.17. The van der Waals surface area contributed by atoms with Crippen LogP contribution in [0.25, 0.3) is 6.08 Å². The first kappa shape index (κ1) is 15.4. The molecule has 2 aromatic heterocycles. The molecule has 0 fully saturated rings. The molecular formula is C14H14N2O3S2. The third-order valence-electron chi connectivity index (χ3n) is 2.77. The number of aliphatic carboxylic acids is 1. The Labute approximate surface area is 130 Å². The van der Waals surface area contributed by atoms with Crippen molar-refractivity contribution in [2.45, 2.75) is 13.5 Å². The van der Waals surface area contributed by atoms with Gasteiger partial charge in [0, 0.05) is 18.0 Å². The highest BCUT2D eigenvalue weighted by atomic mass is 32.1. The lowest BCUT2D eigenvalue weighted by Gasteiger charge is -2.15. The van der Waals surface area contributed by atoms with E-state index in [1.54, 1.807) is 17.5 Å². The summed E-state index contributed by atoms with van der Waals surface area (Å²) in [7, 11) is 1.74. The summed E-state index contributed by atoms with van der Waals surface area (Å²) in [5, 5.41) is 10.5. The van der Waals surface area contributed by atoms with Gasteiger partial charge in [-0.15, -0.1) is 22.7 Å². The van der Waals surface area contributed by atoms with Gasteiger partial charge in [0.15, 0.2) is 0 Å². The van der Waals surface area contributed by atoms with Crippen molar-refractivity contribution in [2.75, 3.05) is 7.05 Å². The van der Waals surface area contributed by atoms with E-state index < -0.39 is 5.97 Å². The Bertz CT molecular complexity index is 688. The summed E-state index contributed by atoms with van der Waals surface area (Å²) in [6.07, 6.45) is 2.64. The molecule has 0 atom stereocenters. The number of carbonyl (C=O) groups excluding carboxylic acids is 1. The van der Waals surface area contributed by atoms with Crippen LogP contribution in [0.4, 0.5) is 0 Å². The molecule has 110 valence electrons. The van der Waals surface area contributed by atoms with E-state index in [2.05, 4.69) is 4.98 Å². The Balaban J connectivity index is 2.03. The molecular weight excluding hydrogens is 308 g/mol. The van der Waals surface area contributed by atoms with Crippen LogP contribution in [0.2, 0.25) is 0 Å². The summed E-state index contributed by atoms with van der Waals surface area (Å²) < 4.78 is 0. The van der Waals surface area contributed by atoms with E-state index in [-0.39, 0.29) is 5.91 Å². The highest BCUT2D eigenvalue weighted by molar-refractivity contribution is 7.12. The van der Waals surface area contributed by atoms with Crippen LogP contribution in [0.3, 0.4) is 0 Å². The van der Waals surface area contributed by atoms with Crippen molar-refractivity contribution in [3.8, 4) is 0 Å². The molecule has 0 saturated heterocycles. The summed E-state index contributed by atoms with van der Waals surface area (Å²) in [5.74, 6) is -1.03. The second-order valence-electron chi connectivity index (χ2n) is 4.45. The van der Waals surface area contributed by atoms with Gasteiger partial charge in [-0.25, -0.2) is 9.78 Å². The molecule has 2 heterocycles. The molecule has 0 bridgehead atoms. The van der Waals surface area contributed by atoms with Crippen LogP contribution in [0.15, 0.2) is 23.0 Å². The largest absolute Gasteiger partial charge is 0.478 e. The van der Waals surface area contributed by atoms with E-state index in [1.807, 2.05) is 18.4 Å². The lowest BCUT2D eigenvalue weighted by atomic mass is 10.2. The smallest absolute Gasteiger partial charge is 0.328 e. The van der Waals surface area contributed by atoms with Crippen molar-refractivity contribution in [3.63, 3.8) is 0 Å². The lowest BCUT2D eigenvalue weighted by Crippen LogP contribution is -2.25. The summed E-state index contributed by atoms with van der Waals surface area (Å²) in [4.78, 5) is 30.1. The van der Waals surface area contributed by atoms with Gasteiger partial charge in [0.2, 0.25) is 0 Å². The van der Waals surface area contributed by atoms with Crippen molar-refractivity contribution < 1.29 is 14.7 Å². The number of aryl methyl sites for hydroxylation is 1. The first-order chi connectivity index (χ1) is 9.97. The van der Waals surface area contributed by atoms with Gasteiger partial charge in [-0.3, -0.25) is 4.79 Å². The second-order valence-corrected chi connectivity index (χ2v) is 6.30. The van der Waals surface area contributed by atoms with Crippen LogP contribution in [0.1, 0.15) is 25.8 Å². The molecule has 5 nitrogen and oxygen atoms in total. The van der Waals surface area contributed by atoms with Crippen molar-refractivity contribution >= 4 is 40.6 Å². The number of thiophene rings is 1. The number of hydrogen-bond acceptors (Lipinski definition) is 5.